The summed E-state index contributed by atoms with van der Waals surface area (Å²) >= 11 is 3.58. The van der Waals surface area contributed by atoms with E-state index < -0.39 is 0 Å². The lowest BCUT2D eigenvalue weighted by Crippen LogP contribution is -2.36. The van der Waals surface area contributed by atoms with Crippen LogP contribution in [0.4, 0.5) is 0 Å². The number of rotatable bonds is 2. The number of carbonyl (C=O) groups excluding carboxylic acids is 1. The van der Waals surface area contributed by atoms with Crippen LogP contribution in [-0.2, 0) is 11.3 Å². The molecular weight excluding hydrogens is 286 g/mol. The first-order valence-electron chi connectivity index (χ1n) is 6.64. The van der Waals surface area contributed by atoms with Crippen LogP contribution >= 0.6 is 22.7 Å². The minimum absolute atomic E-state index is 0.0274. The van der Waals surface area contributed by atoms with Gasteiger partial charge in [0.2, 0.25) is 5.91 Å². The zero-order valence-corrected chi connectivity index (χ0v) is 13.3. The summed E-state index contributed by atoms with van der Waals surface area (Å²) in [6, 6.07) is 4.49. The number of hydrogen-bond donors (Lipinski definition) is 0. The highest BCUT2D eigenvalue weighted by atomic mass is 32.1. The lowest BCUT2D eigenvalue weighted by atomic mass is 9.88. The summed E-state index contributed by atoms with van der Waals surface area (Å²) in [5.74, 6) is 0.332. The fraction of sp³-hybridized carbons (Fsp3) is 0.312. The van der Waals surface area contributed by atoms with Crippen LogP contribution in [0.3, 0.4) is 0 Å². The number of hydrogen-bond acceptors (Lipinski definition) is 3. The minimum Gasteiger partial charge on any atom is -0.333 e. The molecule has 2 nitrogen and oxygen atoms in total. The van der Waals surface area contributed by atoms with E-state index in [9.17, 15) is 4.79 Å². The topological polar surface area (TPSA) is 20.3 Å². The van der Waals surface area contributed by atoms with E-state index in [0.29, 0.717) is 5.92 Å². The molecule has 4 heteroatoms. The third kappa shape index (κ3) is 2.23. The van der Waals surface area contributed by atoms with Crippen LogP contribution in [0.1, 0.15) is 31.7 Å². The molecule has 1 amide bonds. The fourth-order valence-electron chi connectivity index (χ4n) is 2.88. The lowest BCUT2D eigenvalue weighted by molar-refractivity contribution is -0.127. The van der Waals surface area contributed by atoms with Crippen LogP contribution < -0.4 is 0 Å². The van der Waals surface area contributed by atoms with Gasteiger partial charge >= 0.3 is 0 Å². The van der Waals surface area contributed by atoms with Crippen LogP contribution in [0.25, 0.3) is 0 Å². The molecule has 0 saturated heterocycles. The SMILES string of the molecule is C=CC(=O)N1Cc2sc(C)cc2[C@H](c2ccsc2C)C1. The van der Waals surface area contributed by atoms with E-state index in [1.54, 1.807) is 22.7 Å². The number of fused-ring (bicyclic) bond motifs is 1. The molecule has 3 rings (SSSR count). The normalized spacial score (nSPS) is 17.9. The van der Waals surface area contributed by atoms with Gasteiger partial charge in [0, 0.05) is 27.1 Å². The number of carbonyl (C=O) groups is 1. The summed E-state index contributed by atoms with van der Waals surface area (Å²) in [6.45, 7) is 9.39. The van der Waals surface area contributed by atoms with E-state index in [-0.39, 0.29) is 5.91 Å². The highest BCUT2D eigenvalue weighted by molar-refractivity contribution is 7.12. The Morgan fingerprint density at radius 1 is 1.45 bits per heavy atom. The molecule has 0 spiro atoms. The van der Waals surface area contributed by atoms with E-state index >= 15 is 0 Å². The van der Waals surface area contributed by atoms with Crippen LogP contribution in [0, 0.1) is 13.8 Å². The number of aryl methyl sites for hydroxylation is 2. The first-order chi connectivity index (χ1) is 9.60. The van der Waals surface area contributed by atoms with Crippen molar-refractivity contribution in [3.05, 3.63) is 55.9 Å². The quantitative estimate of drug-likeness (QED) is 0.765. The van der Waals surface area contributed by atoms with Gasteiger partial charge in [0.25, 0.3) is 0 Å². The molecule has 20 heavy (non-hydrogen) atoms. The summed E-state index contributed by atoms with van der Waals surface area (Å²) in [4.78, 5) is 17.9. The molecule has 0 aliphatic carbocycles. The molecule has 0 saturated carbocycles. The molecule has 0 aromatic carbocycles. The summed E-state index contributed by atoms with van der Waals surface area (Å²) in [7, 11) is 0. The smallest absolute Gasteiger partial charge is 0.246 e. The second kappa shape index (κ2) is 5.19. The van der Waals surface area contributed by atoms with Crippen molar-refractivity contribution in [2.75, 3.05) is 6.54 Å². The maximum atomic E-state index is 12.0. The molecule has 0 radical (unpaired) electrons. The summed E-state index contributed by atoms with van der Waals surface area (Å²) < 4.78 is 0. The third-order valence-electron chi connectivity index (χ3n) is 3.84. The Bertz CT molecular complexity index is 668. The lowest BCUT2D eigenvalue weighted by Gasteiger charge is -2.32. The van der Waals surface area contributed by atoms with Crippen molar-refractivity contribution >= 4 is 28.6 Å². The van der Waals surface area contributed by atoms with Crippen molar-refractivity contribution < 1.29 is 4.79 Å². The van der Waals surface area contributed by atoms with E-state index in [1.165, 1.54) is 31.8 Å². The Kier molecular flexibility index (Phi) is 3.52. The van der Waals surface area contributed by atoms with Crippen molar-refractivity contribution in [3.8, 4) is 0 Å². The second-order valence-electron chi connectivity index (χ2n) is 5.14. The van der Waals surface area contributed by atoms with Gasteiger partial charge in [-0.3, -0.25) is 4.79 Å². The average molecular weight is 303 g/mol. The molecular formula is C16H17NOS2. The molecule has 1 aliphatic rings. The van der Waals surface area contributed by atoms with Crippen molar-refractivity contribution in [1.82, 2.24) is 4.90 Å². The van der Waals surface area contributed by atoms with Gasteiger partial charge in [-0.15, -0.1) is 22.7 Å². The zero-order valence-electron chi connectivity index (χ0n) is 11.7. The van der Waals surface area contributed by atoms with Crippen LogP contribution in [0.5, 0.6) is 0 Å². The number of nitrogens with zero attached hydrogens (tertiary/aromatic N) is 1. The minimum atomic E-state index is 0.0274. The Morgan fingerprint density at radius 2 is 2.25 bits per heavy atom. The van der Waals surface area contributed by atoms with Gasteiger partial charge in [-0.2, -0.15) is 0 Å². The predicted octanol–water partition coefficient (Wildman–Crippen LogP) is 4.09. The van der Waals surface area contributed by atoms with Crippen molar-refractivity contribution in [2.45, 2.75) is 26.3 Å². The molecule has 2 aromatic heterocycles. The van der Waals surface area contributed by atoms with E-state index in [4.69, 9.17) is 0 Å². The fourth-order valence-corrected chi connectivity index (χ4v) is 4.76. The molecule has 3 heterocycles. The molecule has 2 aromatic rings. The molecule has 104 valence electrons. The van der Waals surface area contributed by atoms with Gasteiger partial charge in [0.1, 0.15) is 0 Å². The van der Waals surface area contributed by atoms with Crippen LogP contribution in [-0.4, -0.2) is 17.4 Å². The highest BCUT2D eigenvalue weighted by Crippen LogP contribution is 2.40. The summed E-state index contributed by atoms with van der Waals surface area (Å²) in [5, 5.41) is 2.14. The summed E-state index contributed by atoms with van der Waals surface area (Å²) in [5.41, 5.74) is 2.76. The Balaban J connectivity index is 2.06. The van der Waals surface area contributed by atoms with Crippen molar-refractivity contribution in [3.63, 3.8) is 0 Å². The van der Waals surface area contributed by atoms with Gasteiger partial charge in [-0.25, -0.2) is 0 Å². The Morgan fingerprint density at radius 3 is 2.90 bits per heavy atom. The predicted molar refractivity (Wildman–Crippen MR) is 85.6 cm³/mol. The third-order valence-corrected chi connectivity index (χ3v) is 5.75. The molecule has 1 atom stereocenters. The largest absolute Gasteiger partial charge is 0.333 e. The van der Waals surface area contributed by atoms with Gasteiger partial charge < -0.3 is 4.90 Å². The van der Waals surface area contributed by atoms with Crippen molar-refractivity contribution in [2.24, 2.45) is 0 Å². The molecule has 0 bridgehead atoms. The standard InChI is InChI=1S/C16H17NOS2/c1-4-16(18)17-8-14(12-5-6-19-11(12)3)13-7-10(2)20-15(13)9-17/h4-7,14H,1,8-9H2,2-3H3/t14-/m0/s1. The van der Waals surface area contributed by atoms with Gasteiger partial charge in [-0.1, -0.05) is 6.58 Å². The molecule has 1 aliphatic heterocycles. The zero-order chi connectivity index (χ0) is 14.3. The van der Waals surface area contributed by atoms with Crippen LogP contribution in [0.2, 0.25) is 0 Å². The maximum absolute atomic E-state index is 12.0. The maximum Gasteiger partial charge on any atom is 0.246 e. The van der Waals surface area contributed by atoms with Gasteiger partial charge in [0.15, 0.2) is 0 Å². The highest BCUT2D eigenvalue weighted by Gasteiger charge is 2.30. The number of thiophene rings is 2. The first-order valence-corrected chi connectivity index (χ1v) is 8.34. The first kappa shape index (κ1) is 13.6. The Hall–Kier alpha value is -1.39. The van der Waals surface area contributed by atoms with E-state index in [2.05, 4.69) is 37.9 Å². The summed E-state index contributed by atoms with van der Waals surface area (Å²) in [6.07, 6.45) is 1.42. The molecule has 0 fully saturated rings. The average Bonchev–Trinajstić information content (AvgIpc) is 3.01. The van der Waals surface area contributed by atoms with Gasteiger partial charge in [0.05, 0.1) is 6.54 Å². The van der Waals surface area contributed by atoms with E-state index in [1.807, 2.05) is 4.90 Å². The molecule has 0 N–H and O–H groups in total. The molecule has 0 unspecified atom stereocenters. The van der Waals surface area contributed by atoms with Gasteiger partial charge in [-0.05, 0) is 48.6 Å². The Labute approximate surface area is 127 Å². The van der Waals surface area contributed by atoms with Crippen molar-refractivity contribution in [1.29, 1.82) is 0 Å². The number of amides is 1. The van der Waals surface area contributed by atoms with E-state index in [0.717, 1.165) is 13.1 Å². The van der Waals surface area contributed by atoms with Crippen LogP contribution in [0.15, 0.2) is 30.2 Å². The monoisotopic (exact) mass is 303 g/mol. The second-order valence-corrected chi connectivity index (χ2v) is 7.60.